The normalized spacial score (nSPS) is 22.1. The molecule has 5 N–H and O–H groups in total. The van der Waals surface area contributed by atoms with Crippen molar-refractivity contribution in [3.8, 4) is 28.7 Å². The molecule has 148 valence electrons. The molecule has 0 fully saturated rings. The first-order valence-corrected chi connectivity index (χ1v) is 8.76. The largest absolute Gasteiger partial charge is 0.504 e. The molecule has 0 aromatic heterocycles. The number of fused-ring (bicyclic) bond motifs is 2. The highest BCUT2D eigenvalue weighted by atomic mass is 16.7. The minimum absolute atomic E-state index is 0.0500. The Bertz CT molecular complexity index is 919. The van der Waals surface area contributed by atoms with Gasteiger partial charge in [0.2, 0.25) is 6.79 Å². The summed E-state index contributed by atoms with van der Waals surface area (Å²) >= 11 is 0. The van der Waals surface area contributed by atoms with Crippen molar-refractivity contribution < 1.29 is 28.8 Å². The van der Waals surface area contributed by atoms with E-state index in [0.717, 1.165) is 5.56 Å². The summed E-state index contributed by atoms with van der Waals surface area (Å²) in [5.41, 5.74) is 11.8. The first-order chi connectivity index (χ1) is 13.5. The molecule has 0 saturated heterocycles. The van der Waals surface area contributed by atoms with Gasteiger partial charge in [-0.25, -0.2) is 4.79 Å². The number of amides is 2. The molecule has 0 radical (unpaired) electrons. The molecule has 2 amide bonds. The average Bonchev–Trinajstić information content (AvgIpc) is 3.13. The van der Waals surface area contributed by atoms with Crippen LogP contribution in [0.5, 0.6) is 28.7 Å². The van der Waals surface area contributed by atoms with Crippen LogP contribution in [0.4, 0.5) is 4.79 Å². The van der Waals surface area contributed by atoms with Gasteiger partial charge < -0.3 is 29.8 Å². The summed E-state index contributed by atoms with van der Waals surface area (Å²) in [4.78, 5) is 11.1. The van der Waals surface area contributed by atoms with Gasteiger partial charge in [-0.3, -0.25) is 5.43 Å². The molecule has 4 rings (SSSR count). The average molecular weight is 387 g/mol. The zero-order valence-corrected chi connectivity index (χ0v) is 15.4. The maximum absolute atomic E-state index is 11.1. The van der Waals surface area contributed by atoms with Crippen molar-refractivity contribution >= 4 is 6.03 Å². The Hall–Kier alpha value is -3.33. The van der Waals surface area contributed by atoms with E-state index in [0.29, 0.717) is 28.6 Å². The molecule has 0 bridgehead atoms. The number of hydrogen-bond acceptors (Lipinski definition) is 7. The van der Waals surface area contributed by atoms with E-state index in [1.165, 1.54) is 7.11 Å². The number of methoxy groups -OCH3 is 1. The van der Waals surface area contributed by atoms with Crippen LogP contribution in [0, 0.1) is 5.92 Å². The molecule has 2 aromatic carbocycles. The Balaban J connectivity index is 1.82. The lowest BCUT2D eigenvalue weighted by Crippen LogP contribution is -2.54. The lowest BCUT2D eigenvalue weighted by Gasteiger charge is -2.38. The second-order valence-electron chi connectivity index (χ2n) is 6.65. The van der Waals surface area contributed by atoms with Gasteiger partial charge in [0.1, 0.15) is 5.75 Å². The maximum Gasteiger partial charge on any atom is 0.326 e. The van der Waals surface area contributed by atoms with Crippen LogP contribution in [0.2, 0.25) is 0 Å². The molecule has 3 atom stereocenters. The van der Waals surface area contributed by atoms with Gasteiger partial charge in [0.25, 0.3) is 0 Å². The van der Waals surface area contributed by atoms with Gasteiger partial charge >= 0.3 is 6.03 Å². The van der Waals surface area contributed by atoms with Crippen LogP contribution in [0.3, 0.4) is 0 Å². The topological polar surface area (TPSA) is 124 Å². The van der Waals surface area contributed by atoms with Gasteiger partial charge in [0, 0.05) is 29.0 Å². The Morgan fingerprint density at radius 1 is 1.21 bits per heavy atom. The standard InChI is InChI=1S/C19H21N3O6/c1-9-16(10-4-3-5-12(25-2)17(10)23)11-6-14-15(27-8-26-14)7-13(11)28-18(9)21-22-19(20)24/h3-7,9,16,18,21,23H,8H2,1-2H3,(H3,20,22,24). The van der Waals surface area contributed by atoms with Crippen molar-refractivity contribution in [1.82, 2.24) is 10.9 Å². The Kier molecular flexibility index (Phi) is 4.52. The Morgan fingerprint density at radius 3 is 2.68 bits per heavy atom. The highest BCUT2D eigenvalue weighted by molar-refractivity contribution is 5.71. The number of ether oxygens (including phenoxy) is 4. The minimum Gasteiger partial charge on any atom is -0.504 e. The van der Waals surface area contributed by atoms with Crippen molar-refractivity contribution in [3.05, 3.63) is 41.5 Å². The number of hydrogen-bond donors (Lipinski definition) is 4. The van der Waals surface area contributed by atoms with Crippen LogP contribution in [0.15, 0.2) is 30.3 Å². The number of phenolic OH excluding ortho intramolecular Hbond substituents is 1. The molecule has 9 nitrogen and oxygen atoms in total. The van der Waals surface area contributed by atoms with E-state index in [4.69, 9.17) is 24.7 Å². The van der Waals surface area contributed by atoms with Crippen molar-refractivity contribution in [2.45, 2.75) is 19.1 Å². The number of rotatable bonds is 4. The number of aromatic hydroxyl groups is 1. The minimum atomic E-state index is -0.729. The molecular formula is C19H21N3O6. The van der Waals surface area contributed by atoms with Gasteiger partial charge in [-0.15, -0.1) is 0 Å². The van der Waals surface area contributed by atoms with Gasteiger partial charge in [-0.1, -0.05) is 19.1 Å². The van der Waals surface area contributed by atoms with E-state index in [9.17, 15) is 9.90 Å². The molecule has 0 aliphatic carbocycles. The van der Waals surface area contributed by atoms with E-state index >= 15 is 0 Å². The van der Waals surface area contributed by atoms with E-state index in [1.54, 1.807) is 12.1 Å². The SMILES string of the molecule is COc1cccc(C2c3cc4c(cc3OC(NNC(N)=O)C2C)OCO4)c1O. The van der Waals surface area contributed by atoms with Crippen molar-refractivity contribution in [2.75, 3.05) is 13.9 Å². The molecule has 2 aromatic rings. The van der Waals surface area contributed by atoms with E-state index < -0.39 is 12.3 Å². The monoisotopic (exact) mass is 387 g/mol. The molecule has 0 spiro atoms. The Labute approximate surface area is 161 Å². The third-order valence-electron chi connectivity index (χ3n) is 5.02. The lowest BCUT2D eigenvalue weighted by molar-refractivity contribution is 0.0687. The first kappa shape index (κ1) is 18.1. The van der Waals surface area contributed by atoms with Crippen LogP contribution in [0.25, 0.3) is 0 Å². The molecule has 2 aliphatic heterocycles. The molecule has 28 heavy (non-hydrogen) atoms. The van der Waals surface area contributed by atoms with Gasteiger partial charge in [0.05, 0.1) is 7.11 Å². The lowest BCUT2D eigenvalue weighted by atomic mass is 9.78. The third-order valence-corrected chi connectivity index (χ3v) is 5.02. The fraction of sp³-hybridized carbons (Fsp3) is 0.316. The first-order valence-electron chi connectivity index (χ1n) is 8.76. The number of carbonyl (C=O) groups is 1. The molecule has 2 heterocycles. The molecule has 2 aliphatic rings. The number of nitrogens with two attached hydrogens (primary N) is 1. The zero-order valence-electron chi connectivity index (χ0n) is 15.4. The number of phenols is 1. The van der Waals surface area contributed by atoms with Crippen LogP contribution < -0.4 is 35.5 Å². The number of hydrazine groups is 1. The second-order valence-corrected chi connectivity index (χ2v) is 6.65. The molecular weight excluding hydrogens is 366 g/mol. The summed E-state index contributed by atoms with van der Waals surface area (Å²) < 4.78 is 22.3. The van der Waals surface area contributed by atoms with Gasteiger partial charge in [0.15, 0.2) is 29.2 Å². The highest BCUT2D eigenvalue weighted by Gasteiger charge is 2.39. The number of carbonyl (C=O) groups excluding carboxylic acids is 1. The predicted molar refractivity (Wildman–Crippen MR) is 98.5 cm³/mol. The summed E-state index contributed by atoms with van der Waals surface area (Å²) in [7, 11) is 1.50. The molecule has 0 saturated carbocycles. The summed E-state index contributed by atoms with van der Waals surface area (Å²) in [5, 5.41) is 10.8. The zero-order chi connectivity index (χ0) is 19.8. The maximum atomic E-state index is 11.1. The number of nitrogens with one attached hydrogen (secondary N) is 2. The van der Waals surface area contributed by atoms with Crippen molar-refractivity contribution in [1.29, 1.82) is 0 Å². The summed E-state index contributed by atoms with van der Waals surface area (Å²) in [6, 6.07) is 8.20. The Morgan fingerprint density at radius 2 is 1.96 bits per heavy atom. The van der Waals surface area contributed by atoms with Crippen molar-refractivity contribution in [2.24, 2.45) is 11.7 Å². The number of urea groups is 1. The highest BCUT2D eigenvalue weighted by Crippen LogP contribution is 2.51. The predicted octanol–water partition coefficient (Wildman–Crippen LogP) is 1.79. The van der Waals surface area contributed by atoms with Gasteiger partial charge in [-0.05, 0) is 12.1 Å². The van der Waals surface area contributed by atoms with Crippen LogP contribution in [0.1, 0.15) is 24.0 Å². The smallest absolute Gasteiger partial charge is 0.326 e. The fourth-order valence-electron chi connectivity index (χ4n) is 3.70. The van der Waals surface area contributed by atoms with E-state index in [-0.39, 0.29) is 24.4 Å². The van der Waals surface area contributed by atoms with Gasteiger partial charge in [-0.2, -0.15) is 5.43 Å². The number of benzene rings is 2. The summed E-state index contributed by atoms with van der Waals surface area (Å²) in [5.74, 6) is 1.69. The van der Waals surface area contributed by atoms with Crippen molar-refractivity contribution in [3.63, 3.8) is 0 Å². The number of primary amides is 1. The summed E-state index contributed by atoms with van der Waals surface area (Å²) in [6.45, 7) is 2.07. The quantitative estimate of drug-likeness (QED) is 0.590. The van der Waals surface area contributed by atoms with Crippen LogP contribution in [-0.2, 0) is 0 Å². The number of para-hydroxylation sites is 1. The van der Waals surface area contributed by atoms with E-state index in [1.807, 2.05) is 25.1 Å². The second kappa shape index (κ2) is 7.01. The molecule has 3 unspecified atom stereocenters. The van der Waals surface area contributed by atoms with Crippen LogP contribution in [-0.4, -0.2) is 31.3 Å². The summed E-state index contributed by atoms with van der Waals surface area (Å²) in [6.07, 6.45) is -0.601. The third kappa shape index (κ3) is 2.99. The molecule has 9 heteroatoms. The van der Waals surface area contributed by atoms with E-state index in [2.05, 4.69) is 10.9 Å². The van der Waals surface area contributed by atoms with Crippen LogP contribution >= 0.6 is 0 Å². The fourth-order valence-corrected chi connectivity index (χ4v) is 3.70.